The molecule has 3 rings (SSSR count). The van der Waals surface area contributed by atoms with Gasteiger partial charge in [-0.3, -0.25) is 0 Å². The fourth-order valence-electron chi connectivity index (χ4n) is 3.41. The zero-order valence-corrected chi connectivity index (χ0v) is 22.7. The average Bonchev–Trinajstić information content (AvgIpc) is 2.66. The maximum atomic E-state index is 13.4. The van der Waals surface area contributed by atoms with Crippen LogP contribution in [0.3, 0.4) is 0 Å². The van der Waals surface area contributed by atoms with Crippen LogP contribution in [0.2, 0.25) is 0 Å². The van der Waals surface area contributed by atoms with Gasteiger partial charge in [-0.05, 0) is 47.5 Å². The Morgan fingerprint density at radius 1 is 0.349 bits per heavy atom. The van der Waals surface area contributed by atoms with E-state index in [0.29, 0.717) is 6.07 Å². The van der Waals surface area contributed by atoms with Gasteiger partial charge in [0.05, 0.1) is 0 Å². The Balaban J connectivity index is 2.51. The van der Waals surface area contributed by atoms with Crippen molar-refractivity contribution in [2.24, 2.45) is 0 Å². The second-order valence-electron chi connectivity index (χ2n) is 9.03. The third kappa shape index (κ3) is 7.95. The number of benzene rings is 3. The topological polar surface area (TPSA) is 26.0 Å². The Hall–Kier alpha value is -2.54. The molecule has 0 saturated carbocycles. The zero-order chi connectivity index (χ0) is 34.2. The molecule has 0 aliphatic rings. The largest absolute Gasteiger partial charge is 0.398 e. The van der Waals surface area contributed by atoms with Crippen molar-refractivity contribution in [3.05, 3.63) is 54.6 Å². The molecule has 0 saturated heterocycles. The fourth-order valence-corrected chi connectivity index (χ4v) is 6.36. The summed E-state index contributed by atoms with van der Waals surface area (Å²) in [5.41, 5.74) is -2.95. The van der Waals surface area contributed by atoms with E-state index >= 15 is 0 Å². The molecule has 0 aromatic heterocycles. The molecular weight excluding hydrogens is 738 g/mol. The molecule has 0 spiro atoms. The molecule has 0 aliphatic carbocycles. The van der Waals surface area contributed by atoms with Gasteiger partial charge in [0, 0.05) is 16.8 Å². The van der Waals surface area contributed by atoms with E-state index < -0.39 is 125 Å². The molecular formula is C18H11F20NS4. The molecule has 1 nitrogen and oxygen atoms in total. The van der Waals surface area contributed by atoms with E-state index in [1.807, 2.05) is 0 Å². The normalized spacial score (nSPS) is 20.3. The van der Waals surface area contributed by atoms with Crippen molar-refractivity contribution in [2.75, 3.05) is 5.73 Å². The molecule has 0 bridgehead atoms. The molecule has 43 heavy (non-hydrogen) atoms. The summed E-state index contributed by atoms with van der Waals surface area (Å²) in [6.07, 6.45) is 0. The van der Waals surface area contributed by atoms with Crippen LogP contribution in [-0.2, 0) is 0 Å². The summed E-state index contributed by atoms with van der Waals surface area (Å²) in [6.45, 7) is 0. The van der Waals surface area contributed by atoms with Gasteiger partial charge >= 0.3 is 40.9 Å². The van der Waals surface area contributed by atoms with Gasteiger partial charge < -0.3 is 5.73 Å². The second kappa shape index (κ2) is 6.68. The molecule has 0 atom stereocenters. The van der Waals surface area contributed by atoms with Crippen LogP contribution < -0.4 is 5.73 Å². The summed E-state index contributed by atoms with van der Waals surface area (Å²) in [7, 11) is -45.0. The fraction of sp³-hybridized carbons (Fsp3) is 0. The standard InChI is InChI=1S/C18H11F20NS4/c19-40(20,21,22,23)12-4-10(5-13(8-12)41(24,25,26,27)28)16-2-1-3-17(18(16)39)11-6-14(42(29,30,31,32)33)9-15(7-11)43(34,35,36,37)38/h1-9H,39H2. The summed E-state index contributed by atoms with van der Waals surface area (Å²) in [4.78, 5) is -14.3. The molecule has 0 heterocycles. The highest BCUT2D eigenvalue weighted by Gasteiger charge is 2.71. The van der Waals surface area contributed by atoms with Crippen LogP contribution in [0.5, 0.6) is 0 Å². The number of nitrogen functional groups attached to an aromatic ring is 1. The lowest BCUT2D eigenvalue weighted by atomic mass is 9.96. The van der Waals surface area contributed by atoms with E-state index in [1.54, 1.807) is 0 Å². The molecule has 2 N–H and O–H groups in total. The van der Waals surface area contributed by atoms with Gasteiger partial charge in [-0.1, -0.05) is 95.9 Å². The van der Waals surface area contributed by atoms with Crippen molar-refractivity contribution in [1.82, 2.24) is 0 Å². The smallest absolute Gasteiger partial charge is 0.310 e. The van der Waals surface area contributed by atoms with Gasteiger partial charge in [0.25, 0.3) is 0 Å². The molecule has 25 heteroatoms. The molecule has 252 valence electrons. The van der Waals surface area contributed by atoms with E-state index in [-0.39, 0.29) is 12.1 Å². The molecule has 0 unspecified atom stereocenters. The summed E-state index contributed by atoms with van der Waals surface area (Å²) >= 11 is 0. The van der Waals surface area contributed by atoms with E-state index in [0.717, 1.165) is 0 Å². The van der Waals surface area contributed by atoms with Crippen LogP contribution in [0.15, 0.2) is 74.2 Å². The second-order valence-corrected chi connectivity index (χ2v) is 18.7. The maximum absolute atomic E-state index is 13.4. The van der Waals surface area contributed by atoms with E-state index in [2.05, 4.69) is 0 Å². The summed E-state index contributed by atoms with van der Waals surface area (Å²) < 4.78 is 268. The average molecular weight is 750 g/mol. The van der Waals surface area contributed by atoms with Crippen LogP contribution >= 0.6 is 40.9 Å². The molecule has 0 amide bonds. The number of para-hydroxylation sites is 1. The monoisotopic (exact) mass is 749 g/mol. The maximum Gasteiger partial charge on any atom is 0.310 e. The first-order valence-corrected chi connectivity index (χ1v) is 17.7. The number of nitrogens with two attached hydrogens (primary N) is 1. The van der Waals surface area contributed by atoms with Crippen molar-refractivity contribution in [3.63, 3.8) is 0 Å². The van der Waals surface area contributed by atoms with E-state index in [4.69, 9.17) is 5.73 Å². The van der Waals surface area contributed by atoms with E-state index in [1.165, 1.54) is 0 Å². The number of rotatable bonds is 6. The Morgan fingerprint density at radius 3 is 0.744 bits per heavy atom. The van der Waals surface area contributed by atoms with Gasteiger partial charge in [0.15, 0.2) is 0 Å². The number of hydrogen-bond donors (Lipinski definition) is 1. The number of anilines is 1. The van der Waals surface area contributed by atoms with Gasteiger partial charge in [0.1, 0.15) is 19.6 Å². The van der Waals surface area contributed by atoms with Crippen molar-refractivity contribution in [3.8, 4) is 22.3 Å². The molecule has 3 aromatic carbocycles. The van der Waals surface area contributed by atoms with Crippen molar-refractivity contribution >= 4 is 46.6 Å². The van der Waals surface area contributed by atoms with Crippen LogP contribution in [-0.4, -0.2) is 0 Å². The van der Waals surface area contributed by atoms with Crippen LogP contribution in [0.1, 0.15) is 0 Å². The highest BCUT2D eigenvalue weighted by molar-refractivity contribution is 8.47. The highest BCUT2D eigenvalue weighted by Crippen LogP contribution is 3.06. The van der Waals surface area contributed by atoms with Crippen LogP contribution in [0.25, 0.3) is 22.3 Å². The predicted molar refractivity (Wildman–Crippen MR) is 127 cm³/mol. The lowest BCUT2D eigenvalue weighted by Gasteiger charge is -2.44. The SMILES string of the molecule is Nc1c(-c2cc(S(F)(F)(F)(F)F)cc(S(F)(F)(F)(F)F)c2)cccc1-c1cc(S(F)(F)(F)(F)F)cc(S(F)(F)(F)(F)F)c1. The van der Waals surface area contributed by atoms with Crippen molar-refractivity contribution in [1.29, 1.82) is 0 Å². The van der Waals surface area contributed by atoms with E-state index in [9.17, 15) is 77.7 Å². The van der Waals surface area contributed by atoms with Crippen molar-refractivity contribution < 1.29 is 77.7 Å². The highest BCUT2D eigenvalue weighted by atomic mass is 32.5. The van der Waals surface area contributed by atoms with Gasteiger partial charge in [-0.2, -0.15) is 0 Å². The molecule has 0 radical (unpaired) electrons. The Morgan fingerprint density at radius 2 is 0.558 bits per heavy atom. The Bertz CT molecular complexity index is 1500. The third-order valence-corrected chi connectivity index (χ3v) is 9.78. The molecule has 0 aliphatic heterocycles. The van der Waals surface area contributed by atoms with Gasteiger partial charge in [-0.25, -0.2) is 0 Å². The summed E-state index contributed by atoms with van der Waals surface area (Å²) in [5, 5.41) is 0. The first-order valence-electron chi connectivity index (χ1n) is 9.90. The number of halogens is 20. The van der Waals surface area contributed by atoms with Crippen molar-refractivity contribution in [2.45, 2.75) is 19.6 Å². The molecule has 3 aromatic rings. The first-order chi connectivity index (χ1) is 17.7. The minimum atomic E-state index is -11.3. The zero-order valence-electron chi connectivity index (χ0n) is 19.5. The number of hydrogen-bond acceptors (Lipinski definition) is 1. The Labute approximate surface area is 226 Å². The predicted octanol–water partition coefficient (Wildman–Crippen LogP) is 15.2. The molecule has 0 fully saturated rings. The third-order valence-electron chi connectivity index (χ3n) is 5.27. The quantitative estimate of drug-likeness (QED) is 0.197. The minimum absolute atomic E-state index is 0.262. The van der Waals surface area contributed by atoms with Crippen LogP contribution in [0, 0.1) is 0 Å². The van der Waals surface area contributed by atoms with Crippen LogP contribution in [0.4, 0.5) is 83.4 Å². The minimum Gasteiger partial charge on any atom is -0.398 e. The lowest BCUT2D eigenvalue weighted by Crippen LogP contribution is -2.12. The van der Waals surface area contributed by atoms with Gasteiger partial charge in [-0.15, -0.1) is 0 Å². The lowest BCUT2D eigenvalue weighted by molar-refractivity contribution is 0.353. The Kier molecular flexibility index (Phi) is 5.43. The van der Waals surface area contributed by atoms with Gasteiger partial charge in [0.2, 0.25) is 0 Å². The first kappa shape index (κ1) is 34.9. The summed E-state index contributed by atoms with van der Waals surface area (Å²) in [6, 6.07) is -5.90. The summed E-state index contributed by atoms with van der Waals surface area (Å²) in [5.74, 6) is 0.